The molecule has 29 heavy (non-hydrogen) atoms. The summed E-state index contributed by atoms with van der Waals surface area (Å²) in [6.07, 6.45) is 5.58. The predicted octanol–water partition coefficient (Wildman–Crippen LogP) is 2.42. The Morgan fingerprint density at radius 3 is 2.69 bits per heavy atom. The van der Waals surface area contributed by atoms with E-state index >= 15 is 0 Å². The lowest BCUT2D eigenvalue weighted by atomic mass is 10.2. The highest BCUT2D eigenvalue weighted by molar-refractivity contribution is 8.01. The minimum atomic E-state index is 0.0622. The van der Waals surface area contributed by atoms with Crippen LogP contribution >= 0.6 is 11.8 Å². The number of hydrogen-bond acceptors (Lipinski definition) is 4. The summed E-state index contributed by atoms with van der Waals surface area (Å²) >= 11 is 1.97. The van der Waals surface area contributed by atoms with Gasteiger partial charge in [0.2, 0.25) is 5.91 Å². The first kappa shape index (κ1) is 22.0. The van der Waals surface area contributed by atoms with Crippen LogP contribution in [0.4, 0.5) is 0 Å². The van der Waals surface area contributed by atoms with Crippen molar-refractivity contribution in [2.75, 3.05) is 47.3 Å². The topological polar surface area (TPSA) is 60.0 Å². The molecule has 1 heterocycles. The van der Waals surface area contributed by atoms with E-state index in [0.29, 0.717) is 4.75 Å². The number of aliphatic imine (C=N–C) groups is 1. The SMILES string of the molecule is CN=C(NCCCN1CCCC1C(=O)N(C)C)NCC1(Sc2ccccc2)CC1. The molecule has 6 nitrogen and oxygen atoms in total. The number of hydrogen-bond donors (Lipinski definition) is 2. The van der Waals surface area contributed by atoms with Crippen LogP contribution in [0.1, 0.15) is 32.1 Å². The Morgan fingerprint density at radius 2 is 2.03 bits per heavy atom. The average Bonchev–Trinajstić information content (AvgIpc) is 3.32. The van der Waals surface area contributed by atoms with Gasteiger partial charge in [0.25, 0.3) is 0 Å². The van der Waals surface area contributed by atoms with Crippen molar-refractivity contribution in [1.82, 2.24) is 20.4 Å². The summed E-state index contributed by atoms with van der Waals surface area (Å²) in [6, 6.07) is 10.7. The van der Waals surface area contributed by atoms with Crippen LogP contribution < -0.4 is 10.6 Å². The van der Waals surface area contributed by atoms with Gasteiger partial charge in [0.1, 0.15) is 0 Å². The average molecular weight is 418 g/mol. The summed E-state index contributed by atoms with van der Waals surface area (Å²) in [5.74, 6) is 1.10. The van der Waals surface area contributed by atoms with E-state index in [1.54, 1.807) is 4.90 Å². The van der Waals surface area contributed by atoms with Crippen LogP contribution in [0.25, 0.3) is 0 Å². The molecule has 0 spiro atoms. The standard InChI is InChI=1S/C22H35N5OS/c1-23-21(25-17-22(12-13-22)29-18-9-5-4-6-10-18)24-14-8-16-27-15-7-11-19(27)20(28)26(2)3/h4-6,9-10,19H,7-8,11-17H2,1-3H3,(H2,23,24,25). The maximum Gasteiger partial charge on any atom is 0.239 e. The second-order valence-electron chi connectivity index (χ2n) is 8.23. The van der Waals surface area contributed by atoms with E-state index in [1.165, 1.54) is 17.7 Å². The number of thioether (sulfide) groups is 1. The number of likely N-dealkylation sites (N-methyl/N-ethyl adjacent to an activating group) is 1. The first-order valence-electron chi connectivity index (χ1n) is 10.7. The van der Waals surface area contributed by atoms with Crippen molar-refractivity contribution < 1.29 is 4.79 Å². The van der Waals surface area contributed by atoms with E-state index in [-0.39, 0.29) is 11.9 Å². The maximum atomic E-state index is 12.3. The molecule has 0 radical (unpaired) electrons. The zero-order chi connectivity index (χ0) is 20.7. The van der Waals surface area contributed by atoms with Crippen molar-refractivity contribution in [3.63, 3.8) is 0 Å². The van der Waals surface area contributed by atoms with Crippen molar-refractivity contribution in [2.45, 2.75) is 47.8 Å². The molecular formula is C22H35N5OS. The molecule has 2 N–H and O–H groups in total. The van der Waals surface area contributed by atoms with Gasteiger partial charge in [-0.15, -0.1) is 11.8 Å². The molecule has 1 saturated heterocycles. The van der Waals surface area contributed by atoms with Crippen molar-refractivity contribution >= 4 is 23.6 Å². The fourth-order valence-electron chi connectivity index (χ4n) is 3.82. The van der Waals surface area contributed by atoms with Gasteiger partial charge in [-0.3, -0.25) is 14.7 Å². The van der Waals surface area contributed by atoms with Gasteiger partial charge >= 0.3 is 0 Å². The molecule has 160 valence electrons. The number of nitrogens with zero attached hydrogens (tertiary/aromatic N) is 3. The summed E-state index contributed by atoms with van der Waals surface area (Å²) < 4.78 is 0.300. The second-order valence-corrected chi connectivity index (χ2v) is 9.77. The molecule has 1 aromatic carbocycles. The van der Waals surface area contributed by atoms with Crippen LogP contribution in [-0.4, -0.2) is 79.8 Å². The molecule has 1 amide bonds. The van der Waals surface area contributed by atoms with Crippen molar-refractivity contribution in [2.24, 2.45) is 4.99 Å². The van der Waals surface area contributed by atoms with Crippen molar-refractivity contribution in [3.8, 4) is 0 Å². The summed E-state index contributed by atoms with van der Waals surface area (Å²) in [7, 11) is 5.52. The number of benzene rings is 1. The third kappa shape index (κ3) is 6.37. The van der Waals surface area contributed by atoms with Crippen LogP contribution in [0.15, 0.2) is 40.2 Å². The fraction of sp³-hybridized carbons (Fsp3) is 0.636. The molecule has 0 aromatic heterocycles. The van der Waals surface area contributed by atoms with Crippen molar-refractivity contribution in [3.05, 3.63) is 30.3 Å². The third-order valence-electron chi connectivity index (χ3n) is 5.69. The van der Waals surface area contributed by atoms with E-state index in [1.807, 2.05) is 32.9 Å². The number of carbonyl (C=O) groups excluding carboxylic acids is 1. The van der Waals surface area contributed by atoms with Crippen LogP contribution in [0.5, 0.6) is 0 Å². The number of carbonyl (C=O) groups is 1. The smallest absolute Gasteiger partial charge is 0.239 e. The highest BCUT2D eigenvalue weighted by Gasteiger charge is 2.43. The molecule has 2 fully saturated rings. The van der Waals surface area contributed by atoms with Gasteiger partial charge in [0.15, 0.2) is 5.96 Å². The Balaban J connectivity index is 1.36. The number of guanidine groups is 1. The molecule has 1 unspecified atom stereocenters. The van der Waals surface area contributed by atoms with E-state index in [9.17, 15) is 4.79 Å². The van der Waals surface area contributed by atoms with Crippen LogP contribution in [0.3, 0.4) is 0 Å². The van der Waals surface area contributed by atoms with Gasteiger partial charge < -0.3 is 15.5 Å². The number of nitrogens with one attached hydrogen (secondary N) is 2. The predicted molar refractivity (Wildman–Crippen MR) is 122 cm³/mol. The number of rotatable bonds is 9. The molecule has 1 saturated carbocycles. The lowest BCUT2D eigenvalue weighted by Gasteiger charge is -2.26. The van der Waals surface area contributed by atoms with Gasteiger partial charge in [-0.2, -0.15) is 0 Å². The first-order chi connectivity index (χ1) is 14.0. The monoisotopic (exact) mass is 417 g/mol. The largest absolute Gasteiger partial charge is 0.356 e. The lowest BCUT2D eigenvalue weighted by molar-refractivity contribution is -0.133. The third-order valence-corrected chi connectivity index (χ3v) is 7.18. The van der Waals surface area contributed by atoms with Gasteiger partial charge in [-0.05, 0) is 50.8 Å². The molecule has 3 rings (SSSR count). The van der Waals surface area contributed by atoms with Crippen molar-refractivity contribution in [1.29, 1.82) is 0 Å². The summed E-state index contributed by atoms with van der Waals surface area (Å²) in [5, 5.41) is 6.94. The van der Waals surface area contributed by atoms with E-state index < -0.39 is 0 Å². The molecule has 0 bridgehead atoms. The summed E-state index contributed by atoms with van der Waals surface area (Å²) in [4.78, 5) is 22.0. The van der Waals surface area contributed by atoms with Gasteiger partial charge in [0, 0.05) is 50.4 Å². The maximum absolute atomic E-state index is 12.3. The normalized spacial score (nSPS) is 21.1. The number of amides is 1. The number of likely N-dealkylation sites (tertiary alicyclic amines) is 1. The summed E-state index contributed by atoms with van der Waals surface area (Å²) in [5.41, 5.74) is 0. The minimum absolute atomic E-state index is 0.0622. The van der Waals surface area contributed by atoms with Crippen LogP contribution in [0, 0.1) is 0 Å². The zero-order valence-electron chi connectivity index (χ0n) is 18.0. The molecule has 2 aliphatic rings. The second kappa shape index (κ2) is 10.3. The van der Waals surface area contributed by atoms with Gasteiger partial charge in [-0.1, -0.05) is 18.2 Å². The highest BCUT2D eigenvalue weighted by Crippen LogP contribution is 2.51. The van der Waals surface area contributed by atoms with Crippen LogP contribution in [-0.2, 0) is 4.79 Å². The molecule has 1 atom stereocenters. The Bertz CT molecular complexity index is 690. The molecule has 1 aliphatic carbocycles. The van der Waals surface area contributed by atoms with Gasteiger partial charge in [0.05, 0.1) is 6.04 Å². The quantitative estimate of drug-likeness (QED) is 0.367. The van der Waals surface area contributed by atoms with E-state index in [2.05, 4.69) is 50.9 Å². The lowest BCUT2D eigenvalue weighted by Crippen LogP contribution is -2.44. The molecule has 7 heteroatoms. The zero-order valence-corrected chi connectivity index (χ0v) is 18.8. The van der Waals surface area contributed by atoms with E-state index in [0.717, 1.165) is 51.4 Å². The van der Waals surface area contributed by atoms with Gasteiger partial charge in [-0.25, -0.2) is 0 Å². The van der Waals surface area contributed by atoms with Crippen LogP contribution in [0.2, 0.25) is 0 Å². The molecule has 1 aromatic rings. The molecule has 1 aliphatic heterocycles. The minimum Gasteiger partial charge on any atom is -0.356 e. The fourth-order valence-corrected chi connectivity index (χ4v) is 5.06. The Hall–Kier alpha value is -1.73. The Labute approximate surface area is 179 Å². The molecular weight excluding hydrogens is 382 g/mol. The Kier molecular flexibility index (Phi) is 7.84. The summed E-state index contributed by atoms with van der Waals surface area (Å²) in [6.45, 7) is 3.76. The first-order valence-corrected chi connectivity index (χ1v) is 11.5. The Morgan fingerprint density at radius 1 is 1.28 bits per heavy atom. The highest BCUT2D eigenvalue weighted by atomic mass is 32.2. The van der Waals surface area contributed by atoms with E-state index in [4.69, 9.17) is 0 Å².